The van der Waals surface area contributed by atoms with Crippen LogP contribution in [0.15, 0.2) is 47.4 Å². The van der Waals surface area contributed by atoms with Crippen LogP contribution in [0.1, 0.15) is 10.4 Å². The molecule has 0 atom stereocenters. The molecule has 0 N–H and O–H groups in total. The Morgan fingerprint density at radius 3 is 2.47 bits per heavy atom. The van der Waals surface area contributed by atoms with Crippen LogP contribution in [0, 0.1) is 10.1 Å². The Kier molecular flexibility index (Phi) is 5.16. The first-order valence-corrected chi connectivity index (χ1v) is 11.8. The molecule has 0 radical (unpaired) electrons. The third-order valence-electron chi connectivity index (χ3n) is 4.94. The smallest absolute Gasteiger partial charge is 0.282 e. The zero-order chi connectivity index (χ0) is 21.5. The quantitative estimate of drug-likeness (QED) is 0.447. The van der Waals surface area contributed by atoms with Gasteiger partial charge < -0.3 is 9.80 Å². The molecule has 2 heterocycles. The Morgan fingerprint density at radius 2 is 1.80 bits per heavy atom. The van der Waals surface area contributed by atoms with Gasteiger partial charge in [0.25, 0.3) is 11.6 Å². The monoisotopic (exact) mass is 446 g/mol. The van der Waals surface area contributed by atoms with Crippen LogP contribution in [0.25, 0.3) is 10.2 Å². The number of benzene rings is 2. The van der Waals surface area contributed by atoms with Crippen LogP contribution in [0.2, 0.25) is 0 Å². The number of para-hydroxylation sites is 2. The highest BCUT2D eigenvalue weighted by atomic mass is 32.2. The molecule has 1 aliphatic rings. The summed E-state index contributed by atoms with van der Waals surface area (Å²) >= 11 is 1.40. The fraction of sp³-hybridized carbons (Fsp3) is 0.263. The lowest BCUT2D eigenvalue weighted by Gasteiger charge is -2.34. The molecule has 11 heteroatoms. The van der Waals surface area contributed by atoms with Gasteiger partial charge in [-0.1, -0.05) is 29.5 Å². The van der Waals surface area contributed by atoms with E-state index in [9.17, 15) is 23.3 Å². The van der Waals surface area contributed by atoms with Gasteiger partial charge in [0.2, 0.25) is 0 Å². The molecule has 1 aliphatic heterocycles. The van der Waals surface area contributed by atoms with Gasteiger partial charge in [-0.3, -0.25) is 14.9 Å². The first-order valence-electron chi connectivity index (χ1n) is 9.13. The van der Waals surface area contributed by atoms with Gasteiger partial charge in [0.05, 0.1) is 14.5 Å². The number of carbonyl (C=O) groups excluding carboxylic acids is 1. The molecule has 2 aromatic carbocycles. The molecule has 1 fully saturated rings. The van der Waals surface area contributed by atoms with Crippen molar-refractivity contribution >= 4 is 48.1 Å². The number of anilines is 1. The molecule has 0 unspecified atom stereocenters. The maximum Gasteiger partial charge on any atom is 0.282 e. The van der Waals surface area contributed by atoms with E-state index < -0.39 is 14.8 Å². The number of amides is 1. The Morgan fingerprint density at radius 1 is 1.10 bits per heavy atom. The van der Waals surface area contributed by atoms with Crippen LogP contribution in [0.4, 0.5) is 10.8 Å². The van der Waals surface area contributed by atoms with Crippen LogP contribution in [0.3, 0.4) is 0 Å². The Bertz CT molecular complexity index is 1250. The lowest BCUT2D eigenvalue weighted by molar-refractivity contribution is -0.385. The van der Waals surface area contributed by atoms with Gasteiger partial charge in [0, 0.05) is 38.5 Å². The van der Waals surface area contributed by atoms with E-state index in [4.69, 9.17) is 0 Å². The van der Waals surface area contributed by atoms with E-state index in [0.717, 1.165) is 11.0 Å². The summed E-state index contributed by atoms with van der Waals surface area (Å²) in [5.41, 5.74) is 0.330. The number of nitro groups is 1. The van der Waals surface area contributed by atoms with Gasteiger partial charge in [-0.25, -0.2) is 13.4 Å². The number of sulfone groups is 1. The van der Waals surface area contributed by atoms with Crippen LogP contribution in [-0.4, -0.2) is 61.6 Å². The second-order valence-corrected chi connectivity index (χ2v) is 9.92. The lowest BCUT2D eigenvalue weighted by atomic mass is 10.1. The van der Waals surface area contributed by atoms with E-state index in [1.54, 1.807) is 23.1 Å². The first kappa shape index (κ1) is 20.2. The molecule has 1 saturated heterocycles. The van der Waals surface area contributed by atoms with Crippen molar-refractivity contribution in [1.82, 2.24) is 9.88 Å². The highest BCUT2D eigenvalue weighted by Gasteiger charge is 2.28. The molecule has 0 bridgehead atoms. The second-order valence-electron chi connectivity index (χ2n) is 6.93. The fourth-order valence-electron chi connectivity index (χ4n) is 3.43. The van der Waals surface area contributed by atoms with Gasteiger partial charge in [-0.2, -0.15) is 0 Å². The normalized spacial score (nSPS) is 14.8. The van der Waals surface area contributed by atoms with E-state index in [2.05, 4.69) is 4.98 Å². The molecule has 1 amide bonds. The minimum atomic E-state index is -3.39. The summed E-state index contributed by atoms with van der Waals surface area (Å²) in [6.45, 7) is 1.78. The van der Waals surface area contributed by atoms with E-state index in [0.29, 0.717) is 36.8 Å². The van der Waals surface area contributed by atoms with Crippen molar-refractivity contribution in [2.45, 2.75) is 4.90 Å². The van der Waals surface area contributed by atoms with Gasteiger partial charge in [0.1, 0.15) is 11.1 Å². The zero-order valence-electron chi connectivity index (χ0n) is 16.0. The number of piperazine rings is 1. The molecule has 3 aromatic rings. The van der Waals surface area contributed by atoms with Crippen molar-refractivity contribution in [1.29, 1.82) is 0 Å². The Labute approximate surface area is 176 Å². The number of hydrogen-bond donors (Lipinski definition) is 0. The minimum Gasteiger partial charge on any atom is -0.345 e. The SMILES string of the molecule is CS(=O)(=O)c1cccc2sc(N3CCN(C(=O)c4ccccc4[N+](=O)[O-])CC3)nc12. The molecule has 9 nitrogen and oxygen atoms in total. The second kappa shape index (κ2) is 7.65. The average molecular weight is 447 g/mol. The molecular formula is C19H18N4O5S2. The number of nitrogens with zero attached hydrogens (tertiary/aromatic N) is 4. The Balaban J connectivity index is 1.53. The first-order chi connectivity index (χ1) is 14.3. The van der Waals surface area contributed by atoms with E-state index in [1.807, 2.05) is 11.0 Å². The number of fused-ring (bicyclic) bond motifs is 1. The van der Waals surface area contributed by atoms with Crippen LogP contribution in [0.5, 0.6) is 0 Å². The molecule has 30 heavy (non-hydrogen) atoms. The lowest BCUT2D eigenvalue weighted by Crippen LogP contribution is -2.48. The van der Waals surface area contributed by atoms with E-state index in [-0.39, 0.29) is 22.1 Å². The molecular weight excluding hydrogens is 428 g/mol. The summed E-state index contributed by atoms with van der Waals surface area (Å²) in [4.78, 5) is 31.8. The molecule has 0 aliphatic carbocycles. The number of hydrogen-bond acceptors (Lipinski definition) is 8. The highest BCUT2D eigenvalue weighted by Crippen LogP contribution is 2.33. The van der Waals surface area contributed by atoms with Crippen molar-refractivity contribution < 1.29 is 18.1 Å². The van der Waals surface area contributed by atoms with Gasteiger partial charge in [-0.15, -0.1) is 0 Å². The standard InChI is InChI=1S/C19H18N4O5S2/c1-30(27,28)16-8-4-7-15-17(16)20-19(29-15)22-11-9-21(10-12-22)18(24)13-5-2-3-6-14(13)23(25)26/h2-8H,9-12H2,1H3. The van der Waals surface area contributed by atoms with Gasteiger partial charge in [-0.05, 0) is 18.2 Å². The van der Waals surface area contributed by atoms with Crippen molar-refractivity contribution in [3.05, 3.63) is 58.1 Å². The number of aromatic nitrogens is 1. The zero-order valence-corrected chi connectivity index (χ0v) is 17.6. The predicted molar refractivity (Wildman–Crippen MR) is 114 cm³/mol. The summed E-state index contributed by atoms with van der Waals surface area (Å²) in [5, 5.41) is 11.9. The Hall–Kier alpha value is -3.05. The number of rotatable bonds is 4. The van der Waals surface area contributed by atoms with Crippen LogP contribution in [-0.2, 0) is 9.84 Å². The third-order valence-corrected chi connectivity index (χ3v) is 7.15. The topological polar surface area (TPSA) is 114 Å². The summed E-state index contributed by atoms with van der Waals surface area (Å²) < 4.78 is 24.8. The summed E-state index contributed by atoms with van der Waals surface area (Å²) in [5.74, 6) is -0.370. The third kappa shape index (κ3) is 3.73. The largest absolute Gasteiger partial charge is 0.345 e. The van der Waals surface area contributed by atoms with E-state index in [1.165, 1.54) is 29.5 Å². The van der Waals surface area contributed by atoms with Gasteiger partial charge >= 0.3 is 0 Å². The minimum absolute atomic E-state index is 0.0775. The maximum atomic E-state index is 12.8. The summed E-state index contributed by atoms with van der Waals surface area (Å²) in [6.07, 6.45) is 1.16. The number of carbonyl (C=O) groups is 1. The van der Waals surface area contributed by atoms with E-state index >= 15 is 0 Å². The predicted octanol–water partition coefficient (Wildman–Crippen LogP) is 2.57. The average Bonchev–Trinajstić information content (AvgIpc) is 3.17. The molecule has 0 spiro atoms. The van der Waals surface area contributed by atoms with Crippen LogP contribution < -0.4 is 4.90 Å². The van der Waals surface area contributed by atoms with Gasteiger partial charge in [0.15, 0.2) is 15.0 Å². The van der Waals surface area contributed by atoms with Crippen molar-refractivity contribution in [2.24, 2.45) is 0 Å². The number of thiazole rings is 1. The summed E-state index contributed by atoms with van der Waals surface area (Å²) in [6, 6.07) is 11.0. The summed E-state index contributed by atoms with van der Waals surface area (Å²) in [7, 11) is -3.39. The van der Waals surface area contributed by atoms with Crippen molar-refractivity contribution in [3.63, 3.8) is 0 Å². The molecule has 0 saturated carbocycles. The number of nitro benzene ring substituents is 1. The molecule has 4 rings (SSSR count). The maximum absolute atomic E-state index is 12.8. The fourth-order valence-corrected chi connectivity index (χ4v) is 5.37. The molecule has 156 valence electrons. The van der Waals surface area contributed by atoms with Crippen molar-refractivity contribution in [3.8, 4) is 0 Å². The van der Waals surface area contributed by atoms with Crippen LogP contribution >= 0.6 is 11.3 Å². The highest BCUT2D eigenvalue weighted by molar-refractivity contribution is 7.91. The molecule has 1 aromatic heterocycles. The van der Waals surface area contributed by atoms with Crippen molar-refractivity contribution in [2.75, 3.05) is 37.3 Å².